The second-order valence-electron chi connectivity index (χ2n) is 5.83. The molecule has 0 amide bonds. The molecule has 1 rings (SSSR count). The zero-order chi connectivity index (χ0) is 13.2. The number of hydrogen-bond donors (Lipinski definition) is 1. The van der Waals surface area contributed by atoms with Crippen LogP contribution in [0.5, 0.6) is 0 Å². The highest BCUT2D eigenvalue weighted by atomic mass is 16.5. The minimum absolute atomic E-state index is 0.701. The van der Waals surface area contributed by atoms with Gasteiger partial charge in [0.25, 0.3) is 0 Å². The zero-order valence-electron chi connectivity index (χ0n) is 12.4. The van der Waals surface area contributed by atoms with Crippen molar-refractivity contribution in [2.75, 3.05) is 33.5 Å². The summed E-state index contributed by atoms with van der Waals surface area (Å²) in [6, 6.07) is 0.756. The van der Waals surface area contributed by atoms with Gasteiger partial charge in [0.05, 0.1) is 13.2 Å². The fourth-order valence-corrected chi connectivity index (χ4v) is 2.22. The number of hydrogen-bond acceptors (Lipinski definition) is 3. The lowest BCUT2D eigenvalue weighted by Crippen LogP contribution is -2.32. The summed E-state index contributed by atoms with van der Waals surface area (Å²) in [5, 5.41) is 3.72. The van der Waals surface area contributed by atoms with Crippen molar-refractivity contribution in [1.82, 2.24) is 5.32 Å². The fraction of sp³-hybridized carbons (Fsp3) is 1.00. The van der Waals surface area contributed by atoms with Crippen molar-refractivity contribution in [3.63, 3.8) is 0 Å². The highest BCUT2D eigenvalue weighted by Gasteiger charge is 2.30. The molecule has 0 radical (unpaired) electrons. The molecule has 0 aliphatic heterocycles. The lowest BCUT2D eigenvalue weighted by molar-refractivity contribution is 0.0691. The van der Waals surface area contributed by atoms with Crippen molar-refractivity contribution in [3.8, 4) is 0 Å². The zero-order valence-corrected chi connectivity index (χ0v) is 12.4. The molecular formula is C15H31NO2. The molecule has 0 aromatic rings. The van der Waals surface area contributed by atoms with E-state index in [-0.39, 0.29) is 0 Å². The van der Waals surface area contributed by atoms with Gasteiger partial charge < -0.3 is 14.8 Å². The van der Waals surface area contributed by atoms with Gasteiger partial charge in [-0.2, -0.15) is 0 Å². The van der Waals surface area contributed by atoms with Crippen molar-refractivity contribution in [2.45, 2.75) is 52.0 Å². The van der Waals surface area contributed by atoms with Gasteiger partial charge in [0.1, 0.15) is 0 Å². The average Bonchev–Trinajstić information content (AvgIpc) is 3.15. The Labute approximate surface area is 113 Å². The number of rotatable bonds is 12. The first-order chi connectivity index (χ1) is 8.74. The van der Waals surface area contributed by atoms with E-state index in [9.17, 15) is 0 Å². The van der Waals surface area contributed by atoms with Crippen LogP contribution < -0.4 is 5.32 Å². The van der Waals surface area contributed by atoms with Crippen LogP contribution in [-0.2, 0) is 9.47 Å². The topological polar surface area (TPSA) is 30.5 Å². The first kappa shape index (κ1) is 15.9. The van der Waals surface area contributed by atoms with Crippen LogP contribution in [0.25, 0.3) is 0 Å². The third kappa shape index (κ3) is 8.06. The van der Waals surface area contributed by atoms with Crippen LogP contribution in [0.1, 0.15) is 46.0 Å². The Balaban J connectivity index is 1.96. The van der Waals surface area contributed by atoms with Gasteiger partial charge in [-0.15, -0.1) is 0 Å². The Morgan fingerprint density at radius 2 is 1.89 bits per heavy atom. The Morgan fingerprint density at radius 3 is 2.50 bits per heavy atom. The van der Waals surface area contributed by atoms with Gasteiger partial charge in [0.2, 0.25) is 0 Å². The molecule has 0 spiro atoms. The largest absolute Gasteiger partial charge is 0.382 e. The quantitative estimate of drug-likeness (QED) is 0.545. The lowest BCUT2D eigenvalue weighted by atomic mass is 10.0. The summed E-state index contributed by atoms with van der Waals surface area (Å²) in [6.45, 7) is 7.98. The SMILES string of the molecule is COCCOCCCNC(CCC(C)C)C1CC1. The van der Waals surface area contributed by atoms with Gasteiger partial charge in [-0.3, -0.25) is 0 Å². The summed E-state index contributed by atoms with van der Waals surface area (Å²) in [4.78, 5) is 0. The Morgan fingerprint density at radius 1 is 1.11 bits per heavy atom. The number of ether oxygens (including phenoxy) is 2. The molecule has 18 heavy (non-hydrogen) atoms. The lowest BCUT2D eigenvalue weighted by Gasteiger charge is -2.19. The molecular weight excluding hydrogens is 226 g/mol. The van der Waals surface area contributed by atoms with E-state index < -0.39 is 0 Å². The van der Waals surface area contributed by atoms with Crippen molar-refractivity contribution in [1.29, 1.82) is 0 Å². The summed E-state index contributed by atoms with van der Waals surface area (Å²) in [5.74, 6) is 1.78. The van der Waals surface area contributed by atoms with E-state index in [0.717, 1.165) is 44.1 Å². The minimum atomic E-state index is 0.701. The van der Waals surface area contributed by atoms with E-state index in [1.54, 1.807) is 7.11 Å². The van der Waals surface area contributed by atoms with E-state index in [2.05, 4.69) is 19.2 Å². The monoisotopic (exact) mass is 257 g/mol. The van der Waals surface area contributed by atoms with Gasteiger partial charge in [-0.05, 0) is 50.5 Å². The third-order valence-electron chi connectivity index (χ3n) is 3.55. The molecule has 1 atom stereocenters. The Bertz CT molecular complexity index is 193. The second kappa shape index (κ2) is 9.76. The predicted octanol–water partition coefficient (Wildman–Crippen LogP) is 2.84. The molecule has 108 valence electrons. The summed E-state index contributed by atoms with van der Waals surface area (Å²) in [5.41, 5.74) is 0. The summed E-state index contributed by atoms with van der Waals surface area (Å²) >= 11 is 0. The van der Waals surface area contributed by atoms with Crippen molar-refractivity contribution < 1.29 is 9.47 Å². The normalized spacial score (nSPS) is 17.3. The molecule has 1 aliphatic rings. The van der Waals surface area contributed by atoms with Crippen LogP contribution in [0, 0.1) is 11.8 Å². The molecule has 0 saturated heterocycles. The van der Waals surface area contributed by atoms with Crippen LogP contribution in [-0.4, -0.2) is 39.5 Å². The second-order valence-corrected chi connectivity index (χ2v) is 5.83. The van der Waals surface area contributed by atoms with Gasteiger partial charge in [0, 0.05) is 19.8 Å². The maximum absolute atomic E-state index is 5.47. The molecule has 3 nitrogen and oxygen atoms in total. The van der Waals surface area contributed by atoms with Crippen LogP contribution in [0.15, 0.2) is 0 Å². The van der Waals surface area contributed by atoms with Crippen molar-refractivity contribution in [3.05, 3.63) is 0 Å². The first-order valence-electron chi connectivity index (χ1n) is 7.54. The Kier molecular flexibility index (Phi) is 8.64. The highest BCUT2D eigenvalue weighted by molar-refractivity contribution is 4.86. The van der Waals surface area contributed by atoms with E-state index in [0.29, 0.717) is 6.61 Å². The van der Waals surface area contributed by atoms with E-state index in [4.69, 9.17) is 9.47 Å². The summed E-state index contributed by atoms with van der Waals surface area (Å²) in [6.07, 6.45) is 6.65. The third-order valence-corrected chi connectivity index (χ3v) is 3.55. The maximum Gasteiger partial charge on any atom is 0.0700 e. The number of methoxy groups -OCH3 is 1. The molecule has 1 N–H and O–H groups in total. The molecule has 0 heterocycles. The molecule has 1 saturated carbocycles. The van der Waals surface area contributed by atoms with Crippen LogP contribution >= 0.6 is 0 Å². The van der Waals surface area contributed by atoms with Gasteiger partial charge in [-0.25, -0.2) is 0 Å². The van der Waals surface area contributed by atoms with Crippen LogP contribution in [0.2, 0.25) is 0 Å². The smallest absolute Gasteiger partial charge is 0.0700 e. The van der Waals surface area contributed by atoms with E-state index in [1.165, 1.54) is 25.7 Å². The van der Waals surface area contributed by atoms with Crippen LogP contribution in [0.3, 0.4) is 0 Å². The molecule has 0 aromatic heterocycles. The molecule has 1 aliphatic carbocycles. The molecule has 0 bridgehead atoms. The van der Waals surface area contributed by atoms with Gasteiger partial charge >= 0.3 is 0 Å². The summed E-state index contributed by atoms with van der Waals surface area (Å²) in [7, 11) is 1.71. The van der Waals surface area contributed by atoms with E-state index in [1.807, 2.05) is 0 Å². The maximum atomic E-state index is 5.47. The molecule has 0 aromatic carbocycles. The van der Waals surface area contributed by atoms with E-state index >= 15 is 0 Å². The van der Waals surface area contributed by atoms with Gasteiger partial charge in [0.15, 0.2) is 0 Å². The minimum Gasteiger partial charge on any atom is -0.382 e. The van der Waals surface area contributed by atoms with Crippen molar-refractivity contribution in [2.24, 2.45) is 11.8 Å². The first-order valence-corrected chi connectivity index (χ1v) is 7.54. The predicted molar refractivity (Wildman–Crippen MR) is 75.9 cm³/mol. The molecule has 1 unspecified atom stereocenters. The Hall–Kier alpha value is -0.120. The average molecular weight is 257 g/mol. The fourth-order valence-electron chi connectivity index (χ4n) is 2.22. The molecule has 3 heteroatoms. The van der Waals surface area contributed by atoms with Crippen LogP contribution in [0.4, 0.5) is 0 Å². The standard InChI is InChI=1S/C15H31NO2/c1-13(2)5-8-15(14-6-7-14)16-9-4-10-18-12-11-17-3/h13-16H,4-12H2,1-3H3. The van der Waals surface area contributed by atoms with Crippen molar-refractivity contribution >= 4 is 0 Å². The number of nitrogens with one attached hydrogen (secondary N) is 1. The van der Waals surface area contributed by atoms with Gasteiger partial charge in [-0.1, -0.05) is 13.8 Å². The molecule has 1 fully saturated rings. The summed E-state index contributed by atoms with van der Waals surface area (Å²) < 4.78 is 10.4. The highest BCUT2D eigenvalue weighted by Crippen LogP contribution is 2.34.